The zero-order valence-electron chi connectivity index (χ0n) is 27.8. The SMILES string of the molecule is CCOC(=O)C1=C(c2ccccc2)N=c2s/c(=C/c3ccc(Sc4n[nH]c(-c5ccc(Cl)cc5Cl)n4)c([N+](=O)[O-])c3)c(=O)n2[C@H]1c1ccc2c(c1)OCO2. The highest BCUT2D eigenvalue weighted by molar-refractivity contribution is 7.99. The first kappa shape index (κ1) is 35.3. The molecule has 0 saturated carbocycles. The van der Waals surface area contributed by atoms with Crippen LogP contribution in [0.5, 0.6) is 11.5 Å². The minimum absolute atomic E-state index is 0.0400. The highest BCUT2D eigenvalue weighted by atomic mass is 35.5. The van der Waals surface area contributed by atoms with Gasteiger partial charge in [0.1, 0.15) is 0 Å². The van der Waals surface area contributed by atoms with Crippen molar-refractivity contribution in [1.82, 2.24) is 19.7 Å². The second-order valence-corrected chi connectivity index (χ2v) is 14.6. The van der Waals surface area contributed by atoms with Crippen LogP contribution in [0.3, 0.4) is 0 Å². The van der Waals surface area contributed by atoms with Gasteiger partial charge in [0, 0.05) is 22.2 Å². The van der Waals surface area contributed by atoms with E-state index < -0.39 is 22.5 Å². The van der Waals surface area contributed by atoms with E-state index in [0.717, 1.165) is 23.1 Å². The molecule has 0 saturated heterocycles. The number of esters is 1. The van der Waals surface area contributed by atoms with Crippen molar-refractivity contribution < 1.29 is 23.9 Å². The number of aromatic amines is 1. The van der Waals surface area contributed by atoms with Crippen molar-refractivity contribution in [3.05, 3.63) is 147 Å². The number of nitro benzene ring substituents is 1. The molecule has 0 radical (unpaired) electrons. The van der Waals surface area contributed by atoms with E-state index in [1.807, 2.05) is 30.3 Å². The fraction of sp³-hybridized carbons (Fsp3) is 0.108. The van der Waals surface area contributed by atoms with Gasteiger partial charge in [-0.25, -0.2) is 14.8 Å². The summed E-state index contributed by atoms with van der Waals surface area (Å²) in [6, 6.07) is 23.0. The lowest BCUT2D eigenvalue weighted by atomic mass is 9.93. The summed E-state index contributed by atoms with van der Waals surface area (Å²) in [6.07, 6.45) is 1.56. The highest BCUT2D eigenvalue weighted by Gasteiger charge is 2.36. The van der Waals surface area contributed by atoms with E-state index in [1.54, 1.807) is 61.5 Å². The number of aromatic nitrogens is 4. The Balaban J connectivity index is 1.22. The summed E-state index contributed by atoms with van der Waals surface area (Å²) in [7, 11) is 0. The fourth-order valence-electron chi connectivity index (χ4n) is 6.04. The molecule has 270 valence electrons. The second-order valence-electron chi connectivity index (χ2n) is 11.7. The predicted molar refractivity (Wildman–Crippen MR) is 203 cm³/mol. The Kier molecular flexibility index (Phi) is 9.54. The molecule has 54 heavy (non-hydrogen) atoms. The highest BCUT2D eigenvalue weighted by Crippen LogP contribution is 2.40. The Morgan fingerprint density at radius 2 is 1.91 bits per heavy atom. The number of nitrogens with zero attached hydrogens (tertiary/aromatic N) is 5. The van der Waals surface area contributed by atoms with Gasteiger partial charge in [-0.15, -0.1) is 5.10 Å². The molecule has 0 unspecified atom stereocenters. The van der Waals surface area contributed by atoms with Crippen molar-refractivity contribution in [3.8, 4) is 22.9 Å². The van der Waals surface area contributed by atoms with Crippen molar-refractivity contribution in [1.29, 1.82) is 0 Å². The van der Waals surface area contributed by atoms with E-state index in [-0.39, 0.29) is 39.2 Å². The number of rotatable bonds is 9. The second kappa shape index (κ2) is 14.6. The van der Waals surface area contributed by atoms with Crippen LogP contribution in [0, 0.1) is 10.1 Å². The molecule has 0 amide bonds. The average Bonchev–Trinajstić information content (AvgIpc) is 3.91. The Morgan fingerprint density at radius 3 is 2.69 bits per heavy atom. The molecule has 4 aromatic carbocycles. The lowest BCUT2D eigenvalue weighted by Gasteiger charge is -2.26. The van der Waals surface area contributed by atoms with E-state index in [1.165, 1.54) is 10.6 Å². The number of carbonyl (C=O) groups is 1. The van der Waals surface area contributed by atoms with Gasteiger partial charge in [0.15, 0.2) is 22.1 Å². The Morgan fingerprint density at radius 1 is 1.09 bits per heavy atom. The van der Waals surface area contributed by atoms with Gasteiger partial charge in [-0.1, -0.05) is 77.0 Å². The van der Waals surface area contributed by atoms with E-state index in [2.05, 4.69) is 15.2 Å². The monoisotopic (exact) mass is 798 g/mol. The van der Waals surface area contributed by atoms with Crippen LogP contribution in [0.4, 0.5) is 5.69 Å². The quantitative estimate of drug-likeness (QED) is 0.0933. The molecule has 13 nitrogen and oxygen atoms in total. The fourth-order valence-corrected chi connectivity index (χ4v) is 8.33. The lowest BCUT2D eigenvalue weighted by molar-refractivity contribution is -0.387. The van der Waals surface area contributed by atoms with Gasteiger partial charge in [-0.3, -0.25) is 24.6 Å². The summed E-state index contributed by atoms with van der Waals surface area (Å²) >= 11 is 14.4. The number of H-pyrrole nitrogens is 1. The number of halogens is 2. The molecule has 1 N–H and O–H groups in total. The number of ether oxygens (including phenoxy) is 3. The summed E-state index contributed by atoms with van der Waals surface area (Å²) in [5.41, 5.74) is 2.05. The van der Waals surface area contributed by atoms with Crippen molar-refractivity contribution in [2.45, 2.75) is 23.0 Å². The van der Waals surface area contributed by atoms with Gasteiger partial charge in [0.2, 0.25) is 11.9 Å². The molecule has 0 bridgehead atoms. The van der Waals surface area contributed by atoms with Crippen molar-refractivity contribution in [2.24, 2.45) is 4.99 Å². The van der Waals surface area contributed by atoms with E-state index in [4.69, 9.17) is 42.4 Å². The number of hydrogen-bond acceptors (Lipinski definition) is 12. The first-order valence-electron chi connectivity index (χ1n) is 16.2. The van der Waals surface area contributed by atoms with Crippen molar-refractivity contribution >= 4 is 69.7 Å². The number of fused-ring (bicyclic) bond motifs is 2. The smallest absolute Gasteiger partial charge is 0.338 e. The summed E-state index contributed by atoms with van der Waals surface area (Å²) in [5, 5.41) is 20.4. The minimum atomic E-state index is -0.950. The molecule has 1 atom stereocenters. The van der Waals surface area contributed by atoms with Crippen LogP contribution in [0.2, 0.25) is 10.0 Å². The molecule has 2 aromatic heterocycles. The third-order valence-electron chi connectivity index (χ3n) is 8.42. The number of nitro groups is 1. The maximum Gasteiger partial charge on any atom is 0.338 e. The van der Waals surface area contributed by atoms with Crippen molar-refractivity contribution in [2.75, 3.05) is 13.4 Å². The van der Waals surface area contributed by atoms with Gasteiger partial charge >= 0.3 is 5.97 Å². The summed E-state index contributed by atoms with van der Waals surface area (Å²) in [4.78, 5) is 49.8. The van der Waals surface area contributed by atoms with E-state index >= 15 is 0 Å². The summed E-state index contributed by atoms with van der Waals surface area (Å²) < 4.78 is 18.4. The van der Waals surface area contributed by atoms with Crippen molar-refractivity contribution in [3.63, 3.8) is 0 Å². The lowest BCUT2D eigenvalue weighted by Crippen LogP contribution is -2.40. The minimum Gasteiger partial charge on any atom is -0.463 e. The number of thiazole rings is 1. The van der Waals surface area contributed by atoms with Gasteiger partial charge in [-0.2, -0.15) is 0 Å². The van der Waals surface area contributed by atoms with Gasteiger partial charge < -0.3 is 14.2 Å². The number of carbonyl (C=O) groups excluding carboxylic acids is 1. The zero-order valence-corrected chi connectivity index (χ0v) is 31.0. The largest absolute Gasteiger partial charge is 0.463 e. The molecular weight excluding hydrogens is 775 g/mol. The number of hydrogen-bond donors (Lipinski definition) is 1. The van der Waals surface area contributed by atoms with Crippen LogP contribution in [0.15, 0.2) is 110 Å². The molecule has 2 aliphatic heterocycles. The van der Waals surface area contributed by atoms with Crippen LogP contribution in [0.25, 0.3) is 23.2 Å². The molecule has 4 heterocycles. The standard InChI is InChI=1S/C37H24Cl2N6O7S2/c1-2-50-35(47)30-31(20-6-4-3-5-7-20)40-37-44(32(30)21-9-12-26-27(16-21)52-18-51-26)34(46)29(54-37)15-19-8-13-28(25(14-19)45(48)49)53-36-41-33(42-43-36)23-11-10-22(38)17-24(23)39/h3-17,32H,2,18H2,1H3,(H,41,42,43)/b29-15+/t32-/m0/s1. The Hall–Kier alpha value is -5.74. The molecule has 8 rings (SSSR count). The Labute approximate surface area is 323 Å². The molecule has 6 aromatic rings. The molecule has 0 aliphatic carbocycles. The third-order valence-corrected chi connectivity index (χ3v) is 10.9. The summed E-state index contributed by atoms with van der Waals surface area (Å²) in [5.74, 6) is 0.745. The first-order chi connectivity index (χ1) is 26.2. The van der Waals surface area contributed by atoms with Gasteiger partial charge in [0.05, 0.1) is 43.3 Å². The average molecular weight is 800 g/mol. The molecule has 2 aliphatic rings. The normalized spacial score (nSPS) is 14.9. The Bertz CT molecular complexity index is 2710. The summed E-state index contributed by atoms with van der Waals surface area (Å²) in [6.45, 7) is 1.84. The molecule has 0 fully saturated rings. The van der Waals surface area contributed by atoms with Crippen LogP contribution in [-0.4, -0.2) is 44.0 Å². The van der Waals surface area contributed by atoms with Crippen LogP contribution < -0.4 is 24.4 Å². The predicted octanol–water partition coefficient (Wildman–Crippen LogP) is 6.82. The topological polar surface area (TPSA) is 164 Å². The van der Waals surface area contributed by atoms with E-state index in [0.29, 0.717) is 60.1 Å². The maximum atomic E-state index is 14.4. The molecule has 0 spiro atoms. The third kappa shape index (κ3) is 6.66. The number of benzene rings is 4. The van der Waals surface area contributed by atoms with Gasteiger partial charge in [0.25, 0.3) is 11.2 Å². The van der Waals surface area contributed by atoms with Gasteiger partial charge in [-0.05, 0) is 72.3 Å². The molecule has 17 heteroatoms. The maximum absolute atomic E-state index is 14.4. The first-order valence-corrected chi connectivity index (χ1v) is 18.6. The molecular formula is C37H24Cl2N6O7S2. The number of nitrogens with one attached hydrogen (secondary N) is 1. The van der Waals surface area contributed by atoms with Crippen LogP contribution in [0.1, 0.15) is 29.7 Å². The van der Waals surface area contributed by atoms with E-state index in [9.17, 15) is 19.7 Å². The van der Waals surface area contributed by atoms with Crippen LogP contribution >= 0.6 is 46.3 Å². The zero-order chi connectivity index (χ0) is 37.5. The van der Waals surface area contributed by atoms with Crippen LogP contribution in [-0.2, 0) is 9.53 Å².